The molecule has 0 aliphatic heterocycles. The zero-order valence-corrected chi connectivity index (χ0v) is 10.1. The SMILES string of the molecule is CC(C)(C)NCc1cnoc1C1(C)CC1. The smallest absolute Gasteiger partial charge is 0.147 e. The Bertz CT molecular complexity index is 345. The molecule has 3 heteroatoms. The Hall–Kier alpha value is -0.830. The van der Waals surface area contributed by atoms with Crippen LogP contribution in [-0.2, 0) is 12.0 Å². The predicted molar refractivity (Wildman–Crippen MR) is 59.7 cm³/mol. The second-order valence-corrected chi connectivity index (χ2v) is 5.84. The van der Waals surface area contributed by atoms with Crippen molar-refractivity contribution in [2.45, 2.75) is 58.0 Å². The molecule has 1 aliphatic carbocycles. The highest BCUT2D eigenvalue weighted by Crippen LogP contribution is 2.48. The number of aromatic nitrogens is 1. The summed E-state index contributed by atoms with van der Waals surface area (Å²) in [6, 6.07) is 0. The van der Waals surface area contributed by atoms with Crippen LogP contribution in [0.15, 0.2) is 10.7 Å². The summed E-state index contributed by atoms with van der Waals surface area (Å²) in [5, 5.41) is 7.38. The van der Waals surface area contributed by atoms with E-state index in [1.165, 1.54) is 18.4 Å². The second-order valence-electron chi connectivity index (χ2n) is 5.84. The molecule has 1 aliphatic rings. The van der Waals surface area contributed by atoms with Crippen LogP contribution in [0.25, 0.3) is 0 Å². The zero-order chi connectivity index (χ0) is 11.1. The Balaban J connectivity index is 2.06. The Morgan fingerprint density at radius 2 is 2.13 bits per heavy atom. The van der Waals surface area contributed by atoms with Crippen molar-refractivity contribution in [3.8, 4) is 0 Å². The first-order valence-electron chi connectivity index (χ1n) is 5.60. The van der Waals surface area contributed by atoms with Gasteiger partial charge in [-0.05, 0) is 33.6 Å². The maximum Gasteiger partial charge on any atom is 0.147 e. The van der Waals surface area contributed by atoms with Crippen LogP contribution in [-0.4, -0.2) is 10.7 Å². The molecule has 1 saturated carbocycles. The largest absolute Gasteiger partial charge is 0.360 e. The first-order valence-corrected chi connectivity index (χ1v) is 5.60. The van der Waals surface area contributed by atoms with Gasteiger partial charge < -0.3 is 9.84 Å². The van der Waals surface area contributed by atoms with Crippen LogP contribution in [0.4, 0.5) is 0 Å². The van der Waals surface area contributed by atoms with Gasteiger partial charge >= 0.3 is 0 Å². The van der Waals surface area contributed by atoms with Crippen molar-refractivity contribution in [3.05, 3.63) is 17.5 Å². The highest BCUT2D eigenvalue weighted by atomic mass is 16.5. The van der Waals surface area contributed by atoms with Gasteiger partial charge in [-0.3, -0.25) is 0 Å². The van der Waals surface area contributed by atoms with Gasteiger partial charge in [0, 0.05) is 23.1 Å². The molecule has 1 N–H and O–H groups in total. The minimum Gasteiger partial charge on any atom is -0.360 e. The van der Waals surface area contributed by atoms with E-state index in [9.17, 15) is 0 Å². The van der Waals surface area contributed by atoms with Crippen molar-refractivity contribution in [1.82, 2.24) is 10.5 Å². The van der Waals surface area contributed by atoms with Crippen molar-refractivity contribution < 1.29 is 4.52 Å². The molecular weight excluding hydrogens is 188 g/mol. The summed E-state index contributed by atoms with van der Waals surface area (Å²) in [7, 11) is 0. The Kier molecular flexibility index (Phi) is 2.38. The molecule has 0 spiro atoms. The van der Waals surface area contributed by atoms with Crippen molar-refractivity contribution in [1.29, 1.82) is 0 Å². The molecule has 0 radical (unpaired) electrons. The van der Waals surface area contributed by atoms with Crippen LogP contribution in [0.3, 0.4) is 0 Å². The lowest BCUT2D eigenvalue weighted by Crippen LogP contribution is -2.35. The molecule has 0 bridgehead atoms. The second kappa shape index (κ2) is 3.34. The monoisotopic (exact) mass is 208 g/mol. The Morgan fingerprint density at radius 3 is 2.67 bits per heavy atom. The third kappa shape index (κ3) is 2.40. The third-order valence-electron chi connectivity index (χ3n) is 3.00. The predicted octanol–water partition coefficient (Wildman–Crippen LogP) is 2.61. The average molecular weight is 208 g/mol. The first-order chi connectivity index (χ1) is 6.91. The molecule has 3 nitrogen and oxygen atoms in total. The van der Waals surface area contributed by atoms with Crippen molar-refractivity contribution in [2.75, 3.05) is 0 Å². The summed E-state index contributed by atoms with van der Waals surface area (Å²) in [6.45, 7) is 9.59. The normalized spacial score (nSPS) is 19.2. The molecule has 15 heavy (non-hydrogen) atoms. The standard InChI is InChI=1S/C12H20N2O/c1-11(2,3)13-7-9-8-14-15-10(9)12(4)5-6-12/h8,13H,5-7H2,1-4H3. The molecule has 1 fully saturated rings. The van der Waals surface area contributed by atoms with Crippen molar-refractivity contribution in [3.63, 3.8) is 0 Å². The number of nitrogens with one attached hydrogen (secondary N) is 1. The minimum absolute atomic E-state index is 0.138. The van der Waals surface area contributed by atoms with Crippen molar-refractivity contribution >= 4 is 0 Å². The molecule has 0 amide bonds. The quantitative estimate of drug-likeness (QED) is 0.829. The molecule has 2 rings (SSSR count). The van der Waals surface area contributed by atoms with Crippen LogP contribution in [0.1, 0.15) is 51.9 Å². The molecule has 84 valence electrons. The van der Waals surface area contributed by atoms with E-state index >= 15 is 0 Å². The molecular formula is C12H20N2O. The highest BCUT2D eigenvalue weighted by molar-refractivity contribution is 5.27. The molecule has 0 unspecified atom stereocenters. The molecule has 1 heterocycles. The van der Waals surface area contributed by atoms with E-state index in [1.54, 1.807) is 0 Å². The van der Waals surface area contributed by atoms with Gasteiger partial charge in [0.15, 0.2) is 0 Å². The summed E-state index contributed by atoms with van der Waals surface area (Å²) < 4.78 is 5.37. The lowest BCUT2D eigenvalue weighted by molar-refractivity contribution is 0.354. The van der Waals surface area contributed by atoms with E-state index in [1.807, 2.05) is 6.20 Å². The van der Waals surface area contributed by atoms with E-state index in [4.69, 9.17) is 4.52 Å². The Labute approximate surface area is 91.2 Å². The number of rotatable bonds is 3. The van der Waals surface area contributed by atoms with Gasteiger partial charge in [0.25, 0.3) is 0 Å². The number of hydrogen-bond acceptors (Lipinski definition) is 3. The van der Waals surface area contributed by atoms with E-state index in [0.29, 0.717) is 0 Å². The van der Waals surface area contributed by atoms with Crippen LogP contribution < -0.4 is 5.32 Å². The van der Waals surface area contributed by atoms with E-state index < -0.39 is 0 Å². The van der Waals surface area contributed by atoms with E-state index in [2.05, 4.69) is 38.2 Å². The minimum atomic E-state index is 0.138. The fourth-order valence-corrected chi connectivity index (χ4v) is 1.66. The average Bonchev–Trinajstić information content (AvgIpc) is 2.69. The topological polar surface area (TPSA) is 38.1 Å². The molecule has 0 atom stereocenters. The third-order valence-corrected chi connectivity index (χ3v) is 3.00. The zero-order valence-electron chi connectivity index (χ0n) is 10.1. The lowest BCUT2D eigenvalue weighted by Gasteiger charge is -2.20. The van der Waals surface area contributed by atoms with E-state index in [0.717, 1.165) is 12.3 Å². The maximum atomic E-state index is 5.37. The van der Waals surface area contributed by atoms with Gasteiger partial charge in [0.2, 0.25) is 0 Å². The molecule has 1 aromatic rings. The first kappa shape index (κ1) is 10.7. The van der Waals surface area contributed by atoms with Gasteiger partial charge in [-0.2, -0.15) is 0 Å². The van der Waals surface area contributed by atoms with Crippen LogP contribution in [0.2, 0.25) is 0 Å². The highest BCUT2D eigenvalue weighted by Gasteiger charge is 2.44. The van der Waals surface area contributed by atoms with Gasteiger partial charge in [-0.15, -0.1) is 0 Å². The summed E-state index contributed by atoms with van der Waals surface area (Å²) in [5.41, 5.74) is 1.62. The van der Waals surface area contributed by atoms with Gasteiger partial charge in [0.1, 0.15) is 5.76 Å². The fraction of sp³-hybridized carbons (Fsp3) is 0.750. The fourth-order valence-electron chi connectivity index (χ4n) is 1.66. The van der Waals surface area contributed by atoms with Crippen LogP contribution >= 0.6 is 0 Å². The summed E-state index contributed by atoms with van der Waals surface area (Å²) in [4.78, 5) is 0. The van der Waals surface area contributed by atoms with Gasteiger partial charge in [-0.1, -0.05) is 12.1 Å². The maximum absolute atomic E-state index is 5.37. The van der Waals surface area contributed by atoms with Crippen molar-refractivity contribution in [2.24, 2.45) is 0 Å². The lowest BCUT2D eigenvalue weighted by atomic mass is 10.0. The molecule has 1 aromatic heterocycles. The Morgan fingerprint density at radius 1 is 1.47 bits per heavy atom. The summed E-state index contributed by atoms with van der Waals surface area (Å²) in [6.07, 6.45) is 4.30. The van der Waals surface area contributed by atoms with Gasteiger partial charge in [0.05, 0.1) is 6.20 Å². The summed E-state index contributed by atoms with van der Waals surface area (Å²) in [5.74, 6) is 1.08. The van der Waals surface area contributed by atoms with Gasteiger partial charge in [-0.25, -0.2) is 0 Å². The van der Waals surface area contributed by atoms with Crippen LogP contribution in [0, 0.1) is 0 Å². The molecule has 0 aromatic carbocycles. The number of nitrogens with zero attached hydrogens (tertiary/aromatic N) is 1. The number of hydrogen-bond donors (Lipinski definition) is 1. The molecule has 0 saturated heterocycles. The van der Waals surface area contributed by atoms with E-state index in [-0.39, 0.29) is 11.0 Å². The summed E-state index contributed by atoms with van der Waals surface area (Å²) >= 11 is 0. The van der Waals surface area contributed by atoms with Crippen LogP contribution in [0.5, 0.6) is 0 Å².